The molecule has 0 atom stereocenters. The molecule has 0 bridgehead atoms. The summed E-state index contributed by atoms with van der Waals surface area (Å²) in [5, 5.41) is 4.75. The summed E-state index contributed by atoms with van der Waals surface area (Å²) in [4.78, 5) is 28.7. The molecule has 0 saturated carbocycles. The molecule has 0 fully saturated rings. The van der Waals surface area contributed by atoms with Gasteiger partial charge in [0.25, 0.3) is 5.91 Å². The molecule has 0 aliphatic carbocycles. The molecule has 0 radical (unpaired) electrons. The van der Waals surface area contributed by atoms with Crippen molar-refractivity contribution in [3.8, 4) is 0 Å². The zero-order valence-corrected chi connectivity index (χ0v) is 15.3. The number of para-hydroxylation sites is 2. The molecule has 2 aromatic rings. The van der Waals surface area contributed by atoms with Crippen LogP contribution in [-0.4, -0.2) is 43.4 Å². The van der Waals surface area contributed by atoms with E-state index >= 15 is 0 Å². The molecule has 0 aliphatic rings. The summed E-state index contributed by atoms with van der Waals surface area (Å²) in [5.41, 5.74) is 1.70. The summed E-state index contributed by atoms with van der Waals surface area (Å²) >= 11 is 1.37. The number of nitrogens with zero attached hydrogens (tertiary/aromatic N) is 2. The normalized spacial score (nSPS) is 10.5. The zero-order chi connectivity index (χ0) is 17.7. The Morgan fingerprint density at radius 3 is 2.46 bits per heavy atom. The van der Waals surface area contributed by atoms with Crippen molar-refractivity contribution in [2.75, 3.05) is 30.9 Å². The summed E-state index contributed by atoms with van der Waals surface area (Å²) in [5.74, 6) is -0.361. The van der Waals surface area contributed by atoms with Gasteiger partial charge in [-0.25, -0.2) is 0 Å². The summed E-state index contributed by atoms with van der Waals surface area (Å²) in [6.45, 7) is 4.19. The number of hydrogen-bond donors (Lipinski definition) is 1. The van der Waals surface area contributed by atoms with Crippen molar-refractivity contribution in [3.63, 3.8) is 0 Å². The van der Waals surface area contributed by atoms with Gasteiger partial charge in [0.15, 0.2) is 0 Å². The minimum atomic E-state index is -0.216. The van der Waals surface area contributed by atoms with Gasteiger partial charge in [0.1, 0.15) is 0 Å². The van der Waals surface area contributed by atoms with Gasteiger partial charge in [-0.2, -0.15) is 0 Å². The van der Waals surface area contributed by atoms with Crippen molar-refractivity contribution in [1.29, 1.82) is 0 Å². The van der Waals surface area contributed by atoms with E-state index in [0.29, 0.717) is 10.9 Å². The van der Waals surface area contributed by atoms with Crippen LogP contribution >= 0.6 is 11.3 Å². The van der Waals surface area contributed by atoms with Crippen molar-refractivity contribution in [3.05, 3.63) is 46.7 Å². The van der Waals surface area contributed by atoms with Gasteiger partial charge in [-0.15, -0.1) is 11.3 Å². The molecule has 1 aromatic carbocycles. The van der Waals surface area contributed by atoms with Crippen LogP contribution in [0.3, 0.4) is 0 Å². The van der Waals surface area contributed by atoms with Crippen LogP contribution in [0.5, 0.6) is 0 Å². The third-order valence-electron chi connectivity index (χ3n) is 3.79. The minimum Gasteiger partial charge on any atom is -0.370 e. The Hall–Kier alpha value is -2.34. The third kappa shape index (κ3) is 4.35. The maximum atomic E-state index is 12.3. The smallest absolute Gasteiger partial charge is 0.264 e. The van der Waals surface area contributed by atoms with E-state index < -0.39 is 0 Å². The van der Waals surface area contributed by atoms with E-state index in [9.17, 15) is 9.59 Å². The monoisotopic (exact) mass is 345 g/mol. The Morgan fingerprint density at radius 1 is 1.12 bits per heavy atom. The molecule has 0 unspecified atom stereocenters. The van der Waals surface area contributed by atoms with Gasteiger partial charge in [0.05, 0.1) is 22.8 Å². The zero-order valence-electron chi connectivity index (χ0n) is 14.4. The van der Waals surface area contributed by atoms with Gasteiger partial charge in [0, 0.05) is 20.1 Å². The number of rotatable bonds is 6. The molecule has 2 amide bonds. The molecule has 2 rings (SSSR count). The first kappa shape index (κ1) is 18.0. The highest BCUT2D eigenvalue weighted by Gasteiger charge is 2.17. The fourth-order valence-electron chi connectivity index (χ4n) is 2.23. The minimum absolute atomic E-state index is 0.0104. The lowest BCUT2D eigenvalue weighted by Crippen LogP contribution is -2.35. The Balaban J connectivity index is 2.04. The number of likely N-dealkylation sites (N-methyl/N-ethyl adjacent to an activating group) is 1. The lowest BCUT2D eigenvalue weighted by molar-refractivity contribution is -0.116. The molecular formula is C18H23N3O2S. The van der Waals surface area contributed by atoms with E-state index in [4.69, 9.17) is 0 Å². The highest BCUT2D eigenvalue weighted by atomic mass is 32.1. The number of anilines is 2. The average Bonchev–Trinajstić information content (AvgIpc) is 3.08. The Bertz CT molecular complexity index is 698. The van der Waals surface area contributed by atoms with Gasteiger partial charge >= 0.3 is 0 Å². The first-order valence-corrected chi connectivity index (χ1v) is 8.68. The first-order chi connectivity index (χ1) is 11.4. The van der Waals surface area contributed by atoms with E-state index in [1.54, 1.807) is 13.1 Å². The Kier molecular flexibility index (Phi) is 5.98. The van der Waals surface area contributed by atoms with E-state index in [1.807, 2.05) is 42.8 Å². The van der Waals surface area contributed by atoms with Crippen molar-refractivity contribution in [2.45, 2.75) is 19.9 Å². The van der Waals surface area contributed by atoms with E-state index in [1.165, 1.54) is 16.2 Å². The summed E-state index contributed by atoms with van der Waals surface area (Å²) in [7, 11) is 3.62. The lowest BCUT2D eigenvalue weighted by Gasteiger charge is -2.26. The van der Waals surface area contributed by atoms with Crippen LogP contribution < -0.4 is 10.2 Å². The molecule has 1 aromatic heterocycles. The fourth-order valence-corrected chi connectivity index (χ4v) is 2.95. The predicted molar refractivity (Wildman–Crippen MR) is 99.9 cm³/mol. The van der Waals surface area contributed by atoms with Gasteiger partial charge in [-0.05, 0) is 37.4 Å². The van der Waals surface area contributed by atoms with Crippen LogP contribution in [-0.2, 0) is 4.79 Å². The molecule has 0 spiro atoms. The molecule has 0 aliphatic heterocycles. The predicted octanol–water partition coefficient (Wildman–Crippen LogP) is 3.30. The van der Waals surface area contributed by atoms with Crippen LogP contribution in [0.1, 0.15) is 23.5 Å². The standard InChI is InChI=1S/C18H23N3O2S/c1-13(2)21(4)15-9-6-5-8-14(15)19-17(22)12-20(3)18(23)16-10-7-11-24-16/h5-11,13H,12H2,1-4H3,(H,19,22). The maximum Gasteiger partial charge on any atom is 0.264 e. The number of carbonyl (C=O) groups excluding carboxylic acids is 2. The fraction of sp³-hybridized carbons (Fsp3) is 0.333. The molecule has 24 heavy (non-hydrogen) atoms. The van der Waals surface area contributed by atoms with Crippen LogP contribution in [0.4, 0.5) is 11.4 Å². The van der Waals surface area contributed by atoms with E-state index in [2.05, 4.69) is 24.1 Å². The lowest BCUT2D eigenvalue weighted by atomic mass is 10.2. The number of hydrogen-bond acceptors (Lipinski definition) is 4. The van der Waals surface area contributed by atoms with Crippen LogP contribution in [0.2, 0.25) is 0 Å². The van der Waals surface area contributed by atoms with Crippen molar-refractivity contribution in [2.24, 2.45) is 0 Å². The second kappa shape index (κ2) is 7.97. The van der Waals surface area contributed by atoms with Crippen molar-refractivity contribution < 1.29 is 9.59 Å². The van der Waals surface area contributed by atoms with Gasteiger partial charge in [-0.1, -0.05) is 18.2 Å². The van der Waals surface area contributed by atoms with Gasteiger partial charge < -0.3 is 15.1 Å². The largest absolute Gasteiger partial charge is 0.370 e. The Labute approximate surface area is 146 Å². The molecular weight excluding hydrogens is 322 g/mol. The highest BCUT2D eigenvalue weighted by molar-refractivity contribution is 7.12. The summed E-state index contributed by atoms with van der Waals surface area (Å²) < 4.78 is 0. The second-order valence-electron chi connectivity index (χ2n) is 5.91. The van der Waals surface area contributed by atoms with Gasteiger partial charge in [-0.3, -0.25) is 9.59 Å². The van der Waals surface area contributed by atoms with Crippen LogP contribution in [0.25, 0.3) is 0 Å². The topological polar surface area (TPSA) is 52.7 Å². The number of amides is 2. The SMILES string of the molecule is CC(C)N(C)c1ccccc1NC(=O)CN(C)C(=O)c1cccs1. The summed E-state index contributed by atoms with van der Waals surface area (Å²) in [6.07, 6.45) is 0. The van der Waals surface area contributed by atoms with Crippen LogP contribution in [0, 0.1) is 0 Å². The number of benzene rings is 1. The highest BCUT2D eigenvalue weighted by Crippen LogP contribution is 2.26. The molecule has 1 N–H and O–H groups in total. The number of nitrogens with one attached hydrogen (secondary N) is 1. The van der Waals surface area contributed by atoms with Crippen LogP contribution in [0.15, 0.2) is 41.8 Å². The molecule has 1 heterocycles. The quantitative estimate of drug-likeness (QED) is 0.874. The second-order valence-corrected chi connectivity index (χ2v) is 6.86. The third-order valence-corrected chi connectivity index (χ3v) is 4.65. The molecule has 128 valence electrons. The van der Waals surface area contributed by atoms with Crippen molar-refractivity contribution in [1.82, 2.24) is 4.90 Å². The summed E-state index contributed by atoms with van der Waals surface area (Å²) in [6, 6.07) is 11.6. The van der Waals surface area contributed by atoms with Crippen molar-refractivity contribution >= 4 is 34.5 Å². The first-order valence-electron chi connectivity index (χ1n) is 7.81. The van der Waals surface area contributed by atoms with E-state index in [-0.39, 0.29) is 18.4 Å². The van der Waals surface area contributed by atoms with Gasteiger partial charge in [0.2, 0.25) is 5.91 Å². The molecule has 0 saturated heterocycles. The Morgan fingerprint density at radius 2 is 1.83 bits per heavy atom. The number of thiophene rings is 1. The van der Waals surface area contributed by atoms with E-state index in [0.717, 1.165) is 11.4 Å². The maximum absolute atomic E-state index is 12.3. The molecule has 6 heteroatoms. The number of carbonyl (C=O) groups is 2. The average molecular weight is 345 g/mol. The molecule has 5 nitrogen and oxygen atoms in total.